The van der Waals surface area contributed by atoms with E-state index in [0.717, 1.165) is 11.3 Å². The fourth-order valence-electron chi connectivity index (χ4n) is 3.08. The van der Waals surface area contributed by atoms with Crippen molar-refractivity contribution < 1.29 is 27.4 Å². The Labute approximate surface area is 161 Å². The van der Waals surface area contributed by atoms with E-state index in [1.807, 2.05) is 37.3 Å². The second kappa shape index (κ2) is 8.37. The molecule has 148 valence electrons. The van der Waals surface area contributed by atoms with E-state index in [-0.39, 0.29) is 18.2 Å². The highest BCUT2D eigenvalue weighted by atomic mass is 19.4. The van der Waals surface area contributed by atoms with Crippen LogP contribution in [-0.4, -0.2) is 23.8 Å². The smallest absolute Gasteiger partial charge is 0.493 e. The highest BCUT2D eigenvalue weighted by Crippen LogP contribution is 2.33. The van der Waals surface area contributed by atoms with Crippen LogP contribution in [0.1, 0.15) is 30.9 Å². The fourth-order valence-corrected chi connectivity index (χ4v) is 3.08. The summed E-state index contributed by atoms with van der Waals surface area (Å²) >= 11 is 0. The Kier molecular flexibility index (Phi) is 5.92. The fraction of sp³-hybridized carbons (Fsp3) is 0.286. The lowest BCUT2D eigenvalue weighted by Crippen LogP contribution is -2.31. The molecule has 0 aromatic heterocycles. The highest BCUT2D eigenvalue weighted by Gasteiger charge is 2.31. The maximum Gasteiger partial charge on any atom is 0.573 e. The van der Waals surface area contributed by atoms with Gasteiger partial charge in [-0.3, -0.25) is 4.79 Å². The van der Waals surface area contributed by atoms with Gasteiger partial charge in [-0.2, -0.15) is 0 Å². The normalized spacial score (nSPS) is 14.6. The summed E-state index contributed by atoms with van der Waals surface area (Å²) in [5, 5.41) is 0. The molecule has 1 amide bonds. The molecule has 2 aromatic rings. The molecule has 1 aliphatic rings. The van der Waals surface area contributed by atoms with Gasteiger partial charge in [0.25, 0.3) is 0 Å². The predicted octanol–water partition coefficient (Wildman–Crippen LogP) is 5.15. The number of carbonyl (C=O) groups is 1. The van der Waals surface area contributed by atoms with E-state index in [9.17, 15) is 18.0 Å². The van der Waals surface area contributed by atoms with Crippen LogP contribution in [0.25, 0.3) is 5.70 Å². The van der Waals surface area contributed by atoms with Crippen LogP contribution < -0.4 is 9.47 Å². The second-order valence-corrected chi connectivity index (χ2v) is 6.23. The summed E-state index contributed by atoms with van der Waals surface area (Å²) < 4.78 is 46.5. The third-order valence-electron chi connectivity index (χ3n) is 4.25. The summed E-state index contributed by atoms with van der Waals surface area (Å²) in [5.74, 6) is 0.350. The maximum atomic E-state index is 12.6. The molecule has 0 saturated carbocycles. The number of amides is 1. The number of hydrogen-bond acceptors (Lipinski definition) is 3. The number of allylic oxidation sites excluding steroid dienone is 1. The Morgan fingerprint density at radius 2 is 1.79 bits per heavy atom. The van der Waals surface area contributed by atoms with E-state index in [1.165, 1.54) is 24.3 Å². The first-order valence-corrected chi connectivity index (χ1v) is 8.95. The summed E-state index contributed by atoms with van der Waals surface area (Å²) in [6.07, 6.45) is -1.73. The van der Waals surface area contributed by atoms with Crippen LogP contribution in [0.5, 0.6) is 11.5 Å². The van der Waals surface area contributed by atoms with Gasteiger partial charge in [-0.25, -0.2) is 0 Å². The van der Waals surface area contributed by atoms with Gasteiger partial charge in [0.05, 0.1) is 18.8 Å². The average Bonchev–Trinajstić information content (AvgIpc) is 2.64. The molecule has 0 fully saturated rings. The minimum atomic E-state index is -4.73. The summed E-state index contributed by atoms with van der Waals surface area (Å²) in [6.45, 7) is 2.63. The first kappa shape index (κ1) is 19.8. The molecule has 0 saturated heterocycles. The largest absolute Gasteiger partial charge is 0.573 e. The van der Waals surface area contributed by atoms with Crippen molar-refractivity contribution in [3.05, 3.63) is 65.7 Å². The third-order valence-corrected chi connectivity index (χ3v) is 4.25. The number of para-hydroxylation sites is 1. The summed E-state index contributed by atoms with van der Waals surface area (Å²) in [6, 6.07) is 13.0. The Hall–Kier alpha value is -2.96. The molecule has 0 spiro atoms. The van der Waals surface area contributed by atoms with Gasteiger partial charge in [0.1, 0.15) is 11.5 Å². The predicted molar refractivity (Wildman–Crippen MR) is 98.5 cm³/mol. The molecule has 0 bridgehead atoms. The lowest BCUT2D eigenvalue weighted by Gasteiger charge is -2.30. The molecule has 0 aliphatic carbocycles. The van der Waals surface area contributed by atoms with Gasteiger partial charge in [-0.05, 0) is 43.2 Å². The van der Waals surface area contributed by atoms with Crippen LogP contribution in [0.3, 0.4) is 0 Å². The van der Waals surface area contributed by atoms with Crippen molar-refractivity contribution in [2.75, 3.05) is 6.61 Å². The molecule has 0 unspecified atom stereocenters. The lowest BCUT2D eigenvalue weighted by molar-refractivity contribution is -0.274. The minimum Gasteiger partial charge on any atom is -0.493 e. The van der Waals surface area contributed by atoms with Crippen LogP contribution in [0.2, 0.25) is 0 Å². The van der Waals surface area contributed by atoms with Crippen LogP contribution in [0.4, 0.5) is 13.2 Å². The van der Waals surface area contributed by atoms with Gasteiger partial charge in [0.15, 0.2) is 0 Å². The standard InChI is InChI=1S/C21H20F3NO3/c1-2-27-19-8-4-3-6-17(19)18-7-5-9-20(26)25(18)14-15-10-12-16(13-11-15)28-21(22,23)24/h3-4,6-8,10-13H,2,5,9,14H2,1H3. The van der Waals surface area contributed by atoms with E-state index in [0.29, 0.717) is 30.8 Å². The molecular formula is C21H20F3NO3. The molecule has 2 aromatic carbocycles. The zero-order valence-electron chi connectivity index (χ0n) is 15.3. The van der Waals surface area contributed by atoms with E-state index in [2.05, 4.69) is 4.74 Å². The number of rotatable bonds is 6. The number of alkyl halides is 3. The van der Waals surface area contributed by atoms with Gasteiger partial charge in [-0.1, -0.05) is 30.3 Å². The number of hydrogen-bond donors (Lipinski definition) is 0. The SMILES string of the molecule is CCOc1ccccc1C1=CCCC(=O)N1Cc1ccc(OC(F)(F)F)cc1. The Morgan fingerprint density at radius 3 is 2.46 bits per heavy atom. The molecule has 1 aliphatic heterocycles. The van der Waals surface area contributed by atoms with Crippen molar-refractivity contribution in [1.82, 2.24) is 4.90 Å². The third kappa shape index (κ3) is 4.85. The zero-order valence-corrected chi connectivity index (χ0v) is 15.3. The Balaban J connectivity index is 1.84. The molecular weight excluding hydrogens is 371 g/mol. The van der Waals surface area contributed by atoms with Crippen LogP contribution >= 0.6 is 0 Å². The van der Waals surface area contributed by atoms with Crippen molar-refractivity contribution in [3.8, 4) is 11.5 Å². The van der Waals surface area contributed by atoms with E-state index >= 15 is 0 Å². The molecule has 0 N–H and O–H groups in total. The topological polar surface area (TPSA) is 38.8 Å². The Bertz CT molecular complexity index is 860. The Morgan fingerprint density at radius 1 is 1.07 bits per heavy atom. The summed E-state index contributed by atoms with van der Waals surface area (Å²) in [4.78, 5) is 14.2. The number of nitrogens with zero attached hydrogens (tertiary/aromatic N) is 1. The summed E-state index contributed by atoms with van der Waals surface area (Å²) in [5.41, 5.74) is 2.26. The van der Waals surface area contributed by atoms with E-state index in [4.69, 9.17) is 4.74 Å². The van der Waals surface area contributed by atoms with Crippen molar-refractivity contribution in [3.63, 3.8) is 0 Å². The van der Waals surface area contributed by atoms with Gasteiger partial charge >= 0.3 is 6.36 Å². The van der Waals surface area contributed by atoms with Crippen LogP contribution in [0.15, 0.2) is 54.6 Å². The van der Waals surface area contributed by atoms with Crippen molar-refractivity contribution in [2.45, 2.75) is 32.7 Å². The average molecular weight is 391 g/mol. The quantitative estimate of drug-likeness (QED) is 0.684. The molecule has 7 heteroatoms. The summed E-state index contributed by atoms with van der Waals surface area (Å²) in [7, 11) is 0. The van der Waals surface area contributed by atoms with E-state index in [1.54, 1.807) is 4.90 Å². The lowest BCUT2D eigenvalue weighted by atomic mass is 10.0. The molecule has 0 atom stereocenters. The van der Waals surface area contributed by atoms with Gasteiger partial charge < -0.3 is 14.4 Å². The minimum absolute atomic E-state index is 0.0422. The number of halogens is 3. The molecule has 4 nitrogen and oxygen atoms in total. The number of ether oxygens (including phenoxy) is 2. The van der Waals surface area contributed by atoms with Crippen molar-refractivity contribution in [2.24, 2.45) is 0 Å². The van der Waals surface area contributed by atoms with E-state index < -0.39 is 6.36 Å². The number of benzene rings is 2. The van der Waals surface area contributed by atoms with Crippen LogP contribution in [-0.2, 0) is 11.3 Å². The first-order valence-electron chi connectivity index (χ1n) is 8.95. The highest BCUT2D eigenvalue weighted by molar-refractivity contribution is 5.90. The number of carbonyl (C=O) groups excluding carboxylic acids is 1. The molecule has 3 rings (SSSR count). The van der Waals surface area contributed by atoms with Gasteiger partial charge in [-0.15, -0.1) is 13.2 Å². The molecule has 28 heavy (non-hydrogen) atoms. The molecule has 1 heterocycles. The second-order valence-electron chi connectivity index (χ2n) is 6.23. The van der Waals surface area contributed by atoms with Gasteiger partial charge in [0, 0.05) is 12.0 Å². The molecule has 0 radical (unpaired) electrons. The van der Waals surface area contributed by atoms with Gasteiger partial charge in [0.2, 0.25) is 5.91 Å². The first-order chi connectivity index (χ1) is 13.4. The maximum absolute atomic E-state index is 12.6. The van der Waals surface area contributed by atoms with Crippen LogP contribution in [0, 0.1) is 0 Å². The monoisotopic (exact) mass is 391 g/mol. The van der Waals surface area contributed by atoms with Crippen molar-refractivity contribution in [1.29, 1.82) is 0 Å². The van der Waals surface area contributed by atoms with Crippen molar-refractivity contribution >= 4 is 11.6 Å². The zero-order chi connectivity index (χ0) is 20.1.